The molecule has 2 aromatic rings. The Morgan fingerprint density at radius 3 is 2.83 bits per heavy atom. The zero-order chi connectivity index (χ0) is 16.4. The highest BCUT2D eigenvalue weighted by Crippen LogP contribution is 2.49. The molecule has 0 spiro atoms. The molecule has 1 N–H and O–H groups in total. The summed E-state index contributed by atoms with van der Waals surface area (Å²) >= 11 is 3.12. The summed E-state index contributed by atoms with van der Waals surface area (Å²) in [5.74, 6) is 3.23. The van der Waals surface area contributed by atoms with Crippen molar-refractivity contribution in [3.63, 3.8) is 0 Å². The molecule has 1 aromatic heterocycles. The van der Waals surface area contributed by atoms with E-state index in [2.05, 4.69) is 27.6 Å². The van der Waals surface area contributed by atoms with Gasteiger partial charge in [0.15, 0.2) is 4.34 Å². The van der Waals surface area contributed by atoms with Crippen molar-refractivity contribution in [2.24, 2.45) is 17.8 Å². The number of anilines is 1. The van der Waals surface area contributed by atoms with E-state index in [-0.39, 0.29) is 5.91 Å². The fraction of sp³-hybridized carbons (Fsp3) is 0.500. The Bertz CT molecular complexity index is 703. The molecular weight excluding hydrogens is 338 g/mol. The van der Waals surface area contributed by atoms with Gasteiger partial charge < -0.3 is 5.32 Å². The van der Waals surface area contributed by atoms with Gasteiger partial charge in [-0.05, 0) is 42.6 Å². The Kier molecular flexibility index (Phi) is 4.85. The van der Waals surface area contributed by atoms with Crippen LogP contribution in [0.2, 0.25) is 0 Å². The maximum absolute atomic E-state index is 12.3. The van der Waals surface area contributed by atoms with E-state index in [1.165, 1.54) is 42.6 Å². The molecule has 3 atom stereocenters. The van der Waals surface area contributed by atoms with Crippen molar-refractivity contribution >= 4 is 34.1 Å². The highest BCUT2D eigenvalue weighted by atomic mass is 32.2. The van der Waals surface area contributed by atoms with Crippen LogP contribution in [0.1, 0.15) is 37.7 Å². The Morgan fingerprint density at radius 1 is 1.21 bits per heavy atom. The van der Waals surface area contributed by atoms with Crippen molar-refractivity contribution in [2.75, 3.05) is 5.32 Å². The van der Waals surface area contributed by atoms with Crippen LogP contribution in [0.15, 0.2) is 34.7 Å². The summed E-state index contributed by atoms with van der Waals surface area (Å²) in [4.78, 5) is 12.3. The normalized spacial score (nSPS) is 25.1. The zero-order valence-electron chi connectivity index (χ0n) is 13.5. The van der Waals surface area contributed by atoms with Gasteiger partial charge in [0.1, 0.15) is 0 Å². The molecule has 2 saturated carbocycles. The summed E-state index contributed by atoms with van der Waals surface area (Å²) in [7, 11) is 0. The number of nitrogens with zero attached hydrogens (tertiary/aromatic N) is 2. The third-order valence-electron chi connectivity index (χ3n) is 5.19. The zero-order valence-corrected chi connectivity index (χ0v) is 15.1. The molecule has 6 heteroatoms. The van der Waals surface area contributed by atoms with E-state index < -0.39 is 0 Å². The molecule has 126 valence electrons. The molecular formula is C18H21N3OS2. The van der Waals surface area contributed by atoms with E-state index in [4.69, 9.17) is 0 Å². The SMILES string of the molecule is O=C(C[C@H]1C[C@H]2CC[C@H]1C2)Nc1nnc(SCc2ccccc2)s1. The number of hydrogen-bond donors (Lipinski definition) is 1. The molecule has 2 aliphatic rings. The number of hydrogen-bond acceptors (Lipinski definition) is 5. The van der Waals surface area contributed by atoms with Crippen LogP contribution in [0, 0.1) is 17.8 Å². The molecule has 2 aliphatic carbocycles. The standard InChI is InChI=1S/C18H21N3OS2/c22-16(10-15-9-13-6-7-14(15)8-13)19-17-20-21-18(24-17)23-11-12-4-2-1-3-5-12/h1-5,13-15H,6-11H2,(H,19,20,22)/t13-,14-,15+/m0/s1. The van der Waals surface area contributed by atoms with Gasteiger partial charge in [-0.1, -0.05) is 59.9 Å². The molecule has 0 radical (unpaired) electrons. The quantitative estimate of drug-likeness (QED) is 0.605. The van der Waals surface area contributed by atoms with Gasteiger partial charge in [0, 0.05) is 12.2 Å². The van der Waals surface area contributed by atoms with Crippen LogP contribution >= 0.6 is 23.1 Å². The first-order valence-corrected chi connectivity index (χ1v) is 10.4. The lowest BCUT2D eigenvalue weighted by Gasteiger charge is -2.20. The number of rotatable bonds is 6. The van der Waals surface area contributed by atoms with Crippen LogP contribution in [0.25, 0.3) is 0 Å². The summed E-state index contributed by atoms with van der Waals surface area (Å²) in [6.45, 7) is 0. The lowest BCUT2D eigenvalue weighted by atomic mass is 9.86. The van der Waals surface area contributed by atoms with E-state index in [1.807, 2.05) is 18.2 Å². The van der Waals surface area contributed by atoms with Crippen LogP contribution in [-0.4, -0.2) is 16.1 Å². The second kappa shape index (κ2) is 7.23. The van der Waals surface area contributed by atoms with Crippen molar-refractivity contribution in [1.29, 1.82) is 0 Å². The number of carbonyl (C=O) groups excluding carboxylic acids is 1. The van der Waals surface area contributed by atoms with Crippen LogP contribution < -0.4 is 5.32 Å². The molecule has 1 heterocycles. The molecule has 2 bridgehead atoms. The molecule has 4 nitrogen and oxygen atoms in total. The number of carbonyl (C=O) groups is 1. The highest BCUT2D eigenvalue weighted by Gasteiger charge is 2.40. The number of amides is 1. The summed E-state index contributed by atoms with van der Waals surface area (Å²) in [6.07, 6.45) is 5.93. The molecule has 24 heavy (non-hydrogen) atoms. The number of thioether (sulfide) groups is 1. The van der Waals surface area contributed by atoms with Gasteiger partial charge >= 0.3 is 0 Å². The number of fused-ring (bicyclic) bond motifs is 2. The fourth-order valence-corrected chi connectivity index (χ4v) is 5.80. The lowest BCUT2D eigenvalue weighted by Crippen LogP contribution is -2.20. The van der Waals surface area contributed by atoms with E-state index >= 15 is 0 Å². The van der Waals surface area contributed by atoms with Gasteiger partial charge in [-0.15, -0.1) is 10.2 Å². The van der Waals surface area contributed by atoms with Gasteiger partial charge in [0.05, 0.1) is 0 Å². The summed E-state index contributed by atoms with van der Waals surface area (Å²) in [5, 5.41) is 11.8. The largest absolute Gasteiger partial charge is 0.300 e. The van der Waals surface area contributed by atoms with E-state index in [0.29, 0.717) is 17.5 Å². The van der Waals surface area contributed by atoms with E-state index in [9.17, 15) is 4.79 Å². The van der Waals surface area contributed by atoms with Gasteiger partial charge in [-0.25, -0.2) is 0 Å². The van der Waals surface area contributed by atoms with E-state index in [0.717, 1.165) is 21.9 Å². The number of benzene rings is 1. The first kappa shape index (κ1) is 16.1. The molecule has 0 unspecified atom stereocenters. The molecule has 0 aliphatic heterocycles. The molecule has 1 amide bonds. The minimum atomic E-state index is 0.100. The van der Waals surface area contributed by atoms with Gasteiger partial charge in [-0.3, -0.25) is 4.79 Å². The molecule has 1 aromatic carbocycles. The topological polar surface area (TPSA) is 54.9 Å². The first-order chi connectivity index (χ1) is 11.8. The highest BCUT2D eigenvalue weighted by molar-refractivity contribution is 8.00. The predicted molar refractivity (Wildman–Crippen MR) is 98.1 cm³/mol. The van der Waals surface area contributed by atoms with Gasteiger partial charge in [-0.2, -0.15) is 0 Å². The van der Waals surface area contributed by atoms with Crippen LogP contribution in [0.4, 0.5) is 5.13 Å². The van der Waals surface area contributed by atoms with Crippen molar-refractivity contribution in [1.82, 2.24) is 10.2 Å². The van der Waals surface area contributed by atoms with Gasteiger partial charge in [0.25, 0.3) is 0 Å². The third kappa shape index (κ3) is 3.81. The molecule has 2 fully saturated rings. The van der Waals surface area contributed by atoms with Crippen LogP contribution in [0.5, 0.6) is 0 Å². The van der Waals surface area contributed by atoms with E-state index in [1.54, 1.807) is 11.8 Å². The predicted octanol–water partition coefficient (Wildman–Crippen LogP) is 4.60. The minimum Gasteiger partial charge on any atom is -0.300 e. The smallest absolute Gasteiger partial charge is 0.226 e. The maximum Gasteiger partial charge on any atom is 0.226 e. The molecule has 0 saturated heterocycles. The average Bonchev–Trinajstić information content (AvgIpc) is 3.31. The Labute approximate surface area is 150 Å². The van der Waals surface area contributed by atoms with Crippen molar-refractivity contribution in [3.8, 4) is 0 Å². The fourth-order valence-electron chi connectivity index (χ4n) is 4.07. The van der Waals surface area contributed by atoms with Crippen molar-refractivity contribution in [3.05, 3.63) is 35.9 Å². The maximum atomic E-state index is 12.3. The second-order valence-electron chi connectivity index (χ2n) is 6.83. The molecule has 4 rings (SSSR count). The number of aromatic nitrogens is 2. The lowest BCUT2D eigenvalue weighted by molar-refractivity contribution is -0.117. The second-order valence-corrected chi connectivity index (χ2v) is 9.03. The van der Waals surface area contributed by atoms with Gasteiger partial charge in [0.2, 0.25) is 11.0 Å². The summed E-state index contributed by atoms with van der Waals surface area (Å²) in [6, 6.07) is 10.3. The van der Waals surface area contributed by atoms with Crippen LogP contribution in [0.3, 0.4) is 0 Å². The Balaban J connectivity index is 1.26. The Morgan fingerprint density at radius 2 is 2.08 bits per heavy atom. The Hall–Kier alpha value is -1.40. The monoisotopic (exact) mass is 359 g/mol. The average molecular weight is 360 g/mol. The summed E-state index contributed by atoms with van der Waals surface area (Å²) < 4.78 is 0.897. The van der Waals surface area contributed by atoms with Crippen LogP contribution in [-0.2, 0) is 10.5 Å². The first-order valence-electron chi connectivity index (χ1n) is 8.56. The summed E-state index contributed by atoms with van der Waals surface area (Å²) in [5.41, 5.74) is 1.26. The number of nitrogens with one attached hydrogen (secondary N) is 1. The third-order valence-corrected chi connectivity index (χ3v) is 7.23. The van der Waals surface area contributed by atoms with Crippen molar-refractivity contribution < 1.29 is 4.79 Å². The van der Waals surface area contributed by atoms with Crippen molar-refractivity contribution in [2.45, 2.75) is 42.2 Å². The minimum absolute atomic E-state index is 0.100.